The predicted molar refractivity (Wildman–Crippen MR) is 73.6 cm³/mol. The van der Waals surface area contributed by atoms with Gasteiger partial charge in [0.2, 0.25) is 0 Å². The average Bonchev–Trinajstić information content (AvgIpc) is 2.39. The first-order chi connectivity index (χ1) is 8.20. The zero-order chi connectivity index (χ0) is 12.3. The summed E-state index contributed by atoms with van der Waals surface area (Å²) in [5.41, 5.74) is 0.882. The van der Waals surface area contributed by atoms with Crippen LogP contribution in [0.4, 0.5) is 5.82 Å². The number of aromatic nitrogens is 1. The Morgan fingerprint density at radius 3 is 2.59 bits per heavy atom. The number of rotatable bonds is 3. The highest BCUT2D eigenvalue weighted by Crippen LogP contribution is 2.24. The third-order valence-corrected chi connectivity index (χ3v) is 4.49. The number of pyridine rings is 1. The lowest BCUT2D eigenvalue weighted by Crippen LogP contribution is -2.35. The van der Waals surface area contributed by atoms with Gasteiger partial charge in [0.1, 0.15) is 5.82 Å². The summed E-state index contributed by atoms with van der Waals surface area (Å²) in [6.45, 7) is 3.94. The van der Waals surface area contributed by atoms with Crippen LogP contribution in [0.1, 0.15) is 31.4 Å². The Morgan fingerprint density at radius 1 is 1.41 bits per heavy atom. The standard InChI is InChI=1S/C13H20N2OS/c1-10(16)11-3-4-13(14-9-11)15-7-5-12(17-2)6-8-15/h3-4,9-10,12,16H,5-8H2,1-2H3/t10-/m1/s1. The molecule has 4 heteroatoms. The van der Waals surface area contributed by atoms with Crippen LogP contribution in [-0.4, -0.2) is 34.7 Å². The van der Waals surface area contributed by atoms with Crippen molar-refractivity contribution in [2.45, 2.75) is 31.1 Å². The molecule has 94 valence electrons. The molecule has 1 aromatic heterocycles. The molecule has 1 atom stereocenters. The van der Waals surface area contributed by atoms with E-state index in [1.165, 1.54) is 12.8 Å². The van der Waals surface area contributed by atoms with Crippen LogP contribution in [0.2, 0.25) is 0 Å². The maximum absolute atomic E-state index is 9.44. The summed E-state index contributed by atoms with van der Waals surface area (Å²) in [7, 11) is 0. The van der Waals surface area contributed by atoms with Gasteiger partial charge in [0.25, 0.3) is 0 Å². The molecule has 17 heavy (non-hydrogen) atoms. The molecule has 1 N–H and O–H groups in total. The number of piperidine rings is 1. The van der Waals surface area contributed by atoms with Crippen LogP contribution in [-0.2, 0) is 0 Å². The number of hydrogen-bond donors (Lipinski definition) is 1. The molecule has 1 aromatic rings. The summed E-state index contributed by atoms with van der Waals surface area (Å²) in [6.07, 6.45) is 6.01. The van der Waals surface area contributed by atoms with Gasteiger partial charge < -0.3 is 10.0 Å². The SMILES string of the molecule is CSC1CCN(c2ccc([C@@H](C)O)cn2)CC1. The third kappa shape index (κ3) is 3.13. The fourth-order valence-corrected chi connectivity index (χ4v) is 2.83. The maximum Gasteiger partial charge on any atom is 0.128 e. The Balaban J connectivity index is 1.99. The molecule has 0 radical (unpaired) electrons. The van der Waals surface area contributed by atoms with Crippen LogP contribution < -0.4 is 4.90 Å². The van der Waals surface area contributed by atoms with Gasteiger partial charge in [-0.1, -0.05) is 6.07 Å². The van der Waals surface area contributed by atoms with Crippen molar-refractivity contribution in [3.63, 3.8) is 0 Å². The van der Waals surface area contributed by atoms with E-state index in [9.17, 15) is 5.11 Å². The van der Waals surface area contributed by atoms with Gasteiger partial charge in [0.05, 0.1) is 6.10 Å². The van der Waals surface area contributed by atoms with E-state index in [4.69, 9.17) is 0 Å². The number of aliphatic hydroxyl groups is 1. The molecule has 3 nitrogen and oxygen atoms in total. The summed E-state index contributed by atoms with van der Waals surface area (Å²) in [4.78, 5) is 6.77. The largest absolute Gasteiger partial charge is 0.389 e. The fraction of sp³-hybridized carbons (Fsp3) is 0.615. The second-order valence-electron chi connectivity index (χ2n) is 4.55. The molecule has 1 aliphatic rings. The number of anilines is 1. The molecule has 0 saturated carbocycles. The van der Waals surface area contributed by atoms with Crippen LogP contribution in [0, 0.1) is 0 Å². The lowest BCUT2D eigenvalue weighted by atomic mass is 10.1. The van der Waals surface area contributed by atoms with E-state index in [1.807, 2.05) is 23.9 Å². The van der Waals surface area contributed by atoms with Gasteiger partial charge in [-0.15, -0.1) is 0 Å². The molecule has 0 aliphatic carbocycles. The minimum Gasteiger partial charge on any atom is -0.389 e. The van der Waals surface area contributed by atoms with Crippen molar-refractivity contribution in [3.8, 4) is 0 Å². The van der Waals surface area contributed by atoms with Gasteiger partial charge in [-0.25, -0.2) is 4.98 Å². The van der Waals surface area contributed by atoms with Gasteiger partial charge in [-0.05, 0) is 37.7 Å². The van der Waals surface area contributed by atoms with E-state index in [0.717, 1.165) is 29.7 Å². The Morgan fingerprint density at radius 2 is 2.12 bits per heavy atom. The van der Waals surface area contributed by atoms with E-state index in [-0.39, 0.29) is 0 Å². The van der Waals surface area contributed by atoms with Crippen LogP contribution in [0.3, 0.4) is 0 Å². The van der Waals surface area contributed by atoms with Crippen molar-refractivity contribution in [2.24, 2.45) is 0 Å². The molecule has 1 aliphatic heterocycles. The normalized spacial score (nSPS) is 19.4. The molecule has 0 amide bonds. The summed E-state index contributed by atoms with van der Waals surface area (Å²) in [6, 6.07) is 3.98. The summed E-state index contributed by atoms with van der Waals surface area (Å²) in [5, 5.41) is 10.2. The highest BCUT2D eigenvalue weighted by atomic mass is 32.2. The molecule has 0 unspecified atom stereocenters. The monoisotopic (exact) mass is 252 g/mol. The highest BCUT2D eigenvalue weighted by Gasteiger charge is 2.19. The Kier molecular flexibility index (Phi) is 4.29. The number of aliphatic hydroxyl groups excluding tert-OH is 1. The first-order valence-corrected chi connectivity index (χ1v) is 7.41. The fourth-order valence-electron chi connectivity index (χ4n) is 2.15. The van der Waals surface area contributed by atoms with Crippen molar-refractivity contribution in [2.75, 3.05) is 24.2 Å². The summed E-state index contributed by atoms with van der Waals surface area (Å²) < 4.78 is 0. The molecule has 0 spiro atoms. The Labute approximate surface area is 107 Å². The first kappa shape index (κ1) is 12.7. The smallest absolute Gasteiger partial charge is 0.128 e. The van der Waals surface area contributed by atoms with Crippen molar-refractivity contribution >= 4 is 17.6 Å². The molecule has 1 fully saturated rings. The third-order valence-electron chi connectivity index (χ3n) is 3.35. The predicted octanol–water partition coefficient (Wildman–Crippen LogP) is 2.47. The minimum atomic E-state index is -0.432. The van der Waals surface area contributed by atoms with Crippen LogP contribution in [0.15, 0.2) is 18.3 Å². The van der Waals surface area contributed by atoms with E-state index in [1.54, 1.807) is 13.1 Å². The van der Waals surface area contributed by atoms with Crippen LogP contribution in [0.25, 0.3) is 0 Å². The van der Waals surface area contributed by atoms with Gasteiger partial charge in [0, 0.05) is 24.5 Å². The van der Waals surface area contributed by atoms with E-state index >= 15 is 0 Å². The van der Waals surface area contributed by atoms with Gasteiger partial charge >= 0.3 is 0 Å². The second-order valence-corrected chi connectivity index (χ2v) is 5.69. The van der Waals surface area contributed by atoms with Crippen molar-refractivity contribution in [1.82, 2.24) is 4.98 Å². The van der Waals surface area contributed by atoms with E-state index < -0.39 is 6.10 Å². The van der Waals surface area contributed by atoms with Crippen molar-refractivity contribution in [1.29, 1.82) is 0 Å². The van der Waals surface area contributed by atoms with Gasteiger partial charge in [0.15, 0.2) is 0 Å². The highest BCUT2D eigenvalue weighted by molar-refractivity contribution is 7.99. The molecule has 1 saturated heterocycles. The maximum atomic E-state index is 9.44. The molecule has 0 aromatic carbocycles. The van der Waals surface area contributed by atoms with Crippen LogP contribution in [0.5, 0.6) is 0 Å². The van der Waals surface area contributed by atoms with Crippen molar-refractivity contribution < 1.29 is 5.11 Å². The Bertz CT molecular complexity index is 345. The summed E-state index contributed by atoms with van der Waals surface area (Å²) >= 11 is 1.97. The van der Waals surface area contributed by atoms with Gasteiger partial charge in [-0.2, -0.15) is 11.8 Å². The lowest BCUT2D eigenvalue weighted by molar-refractivity contribution is 0.199. The van der Waals surface area contributed by atoms with Crippen LogP contribution >= 0.6 is 11.8 Å². The quantitative estimate of drug-likeness (QED) is 0.896. The minimum absolute atomic E-state index is 0.432. The number of nitrogens with zero attached hydrogens (tertiary/aromatic N) is 2. The second kappa shape index (κ2) is 5.74. The average molecular weight is 252 g/mol. The number of thioether (sulfide) groups is 1. The zero-order valence-corrected chi connectivity index (χ0v) is 11.3. The summed E-state index contributed by atoms with van der Waals surface area (Å²) in [5.74, 6) is 1.04. The molecule has 2 heterocycles. The molecule has 2 rings (SSSR count). The first-order valence-electron chi connectivity index (χ1n) is 6.12. The van der Waals surface area contributed by atoms with E-state index in [2.05, 4.69) is 16.1 Å². The zero-order valence-electron chi connectivity index (χ0n) is 10.5. The van der Waals surface area contributed by atoms with E-state index in [0.29, 0.717) is 0 Å². The van der Waals surface area contributed by atoms with Crippen molar-refractivity contribution in [3.05, 3.63) is 23.9 Å². The molecule has 0 bridgehead atoms. The number of hydrogen-bond acceptors (Lipinski definition) is 4. The Hall–Kier alpha value is -0.740. The molecular weight excluding hydrogens is 232 g/mol. The topological polar surface area (TPSA) is 36.4 Å². The molecular formula is C13H20N2OS. The lowest BCUT2D eigenvalue weighted by Gasteiger charge is -2.32. The van der Waals surface area contributed by atoms with Gasteiger partial charge in [-0.3, -0.25) is 0 Å².